The number of carboxylic acids is 1. The molecule has 1 N–H and O–H groups in total. The van der Waals surface area contributed by atoms with E-state index >= 15 is 0 Å². The second-order valence-electron chi connectivity index (χ2n) is 5.18. The van der Waals surface area contributed by atoms with Gasteiger partial charge in [0.1, 0.15) is 0 Å². The predicted molar refractivity (Wildman–Crippen MR) is 81.5 cm³/mol. The Balaban J connectivity index is 3.11. The van der Waals surface area contributed by atoms with Gasteiger partial charge in [0.25, 0.3) is 0 Å². The Labute approximate surface area is 136 Å². The highest BCUT2D eigenvalue weighted by Gasteiger charge is 2.28. The van der Waals surface area contributed by atoms with Crippen molar-refractivity contribution in [3.8, 4) is 0 Å². The first kappa shape index (κ1) is 17.6. The number of aliphatic carboxylic acids is 1. The van der Waals surface area contributed by atoms with Gasteiger partial charge in [0.05, 0.1) is 32.1 Å². The molecule has 0 heterocycles. The van der Waals surface area contributed by atoms with Crippen LogP contribution in [0.4, 0.5) is 0 Å². The first-order chi connectivity index (χ1) is 9.05. The molecule has 0 aliphatic heterocycles. The van der Waals surface area contributed by atoms with Crippen molar-refractivity contribution >= 4 is 58.2 Å². The monoisotopic (exact) mass is 356 g/mol. The lowest BCUT2D eigenvalue weighted by atomic mass is 9.82. The van der Waals surface area contributed by atoms with E-state index in [1.54, 1.807) is 13.8 Å². The molecule has 0 saturated carbocycles. The van der Waals surface area contributed by atoms with Gasteiger partial charge in [0.2, 0.25) is 0 Å². The Morgan fingerprint density at radius 1 is 1.05 bits per heavy atom. The van der Waals surface area contributed by atoms with Gasteiger partial charge in [-0.2, -0.15) is 0 Å². The second-order valence-corrected chi connectivity index (χ2v) is 6.75. The van der Waals surface area contributed by atoms with Gasteiger partial charge in [-0.25, -0.2) is 0 Å². The van der Waals surface area contributed by atoms with Gasteiger partial charge < -0.3 is 5.11 Å². The molecule has 0 fully saturated rings. The van der Waals surface area contributed by atoms with Crippen molar-refractivity contribution in [2.24, 2.45) is 5.41 Å². The Hall–Kier alpha value is -0.480. The third kappa shape index (κ3) is 4.26. The summed E-state index contributed by atoms with van der Waals surface area (Å²) >= 11 is 23.7. The van der Waals surface area contributed by atoms with Gasteiger partial charge in [0.15, 0.2) is 5.78 Å². The van der Waals surface area contributed by atoms with Gasteiger partial charge in [-0.15, -0.1) is 0 Å². The van der Waals surface area contributed by atoms with Crippen molar-refractivity contribution in [1.82, 2.24) is 0 Å². The van der Waals surface area contributed by atoms with E-state index < -0.39 is 11.4 Å². The molecule has 0 aliphatic rings. The van der Waals surface area contributed by atoms with Crippen molar-refractivity contribution in [1.29, 1.82) is 0 Å². The molecule has 0 amide bonds. The third-order valence-electron chi connectivity index (χ3n) is 2.66. The van der Waals surface area contributed by atoms with Gasteiger partial charge in [-0.05, 0) is 11.5 Å². The van der Waals surface area contributed by atoms with Crippen molar-refractivity contribution in [2.45, 2.75) is 26.7 Å². The Kier molecular flexibility index (Phi) is 5.73. The van der Waals surface area contributed by atoms with Crippen LogP contribution in [-0.2, 0) is 4.79 Å². The van der Waals surface area contributed by atoms with Crippen LogP contribution in [0.5, 0.6) is 0 Å². The van der Waals surface area contributed by atoms with E-state index in [1.807, 2.05) is 0 Å². The molecule has 0 atom stereocenters. The molecule has 0 saturated heterocycles. The number of carbonyl (C=O) groups excluding carboxylic acids is 1. The van der Waals surface area contributed by atoms with Crippen LogP contribution < -0.4 is 0 Å². The summed E-state index contributed by atoms with van der Waals surface area (Å²) in [6.45, 7) is 3.36. The predicted octanol–water partition coefficient (Wildman–Crippen LogP) is 5.37. The summed E-state index contributed by atoms with van der Waals surface area (Å²) in [4.78, 5) is 23.0. The molecule has 3 nitrogen and oxygen atoms in total. The minimum atomic E-state index is -0.978. The molecular formula is C13H12Cl4O3. The zero-order chi connectivity index (χ0) is 15.7. The van der Waals surface area contributed by atoms with Gasteiger partial charge in [-0.3, -0.25) is 9.59 Å². The van der Waals surface area contributed by atoms with Crippen molar-refractivity contribution in [2.75, 3.05) is 0 Å². The van der Waals surface area contributed by atoms with Crippen molar-refractivity contribution < 1.29 is 14.7 Å². The largest absolute Gasteiger partial charge is 0.481 e. The van der Waals surface area contributed by atoms with E-state index in [9.17, 15) is 9.59 Å². The number of rotatable bonds is 5. The zero-order valence-corrected chi connectivity index (χ0v) is 13.8. The lowest BCUT2D eigenvalue weighted by molar-refractivity contribution is -0.139. The topological polar surface area (TPSA) is 54.4 Å². The third-order valence-corrected chi connectivity index (χ3v) is 4.22. The van der Waals surface area contributed by atoms with E-state index in [4.69, 9.17) is 51.5 Å². The van der Waals surface area contributed by atoms with E-state index in [0.29, 0.717) is 0 Å². The summed E-state index contributed by atoms with van der Waals surface area (Å²) in [7, 11) is 0. The molecule has 1 rings (SSSR count). The fourth-order valence-corrected chi connectivity index (χ4v) is 2.94. The molecule has 0 aliphatic carbocycles. The van der Waals surface area contributed by atoms with Crippen LogP contribution in [0.2, 0.25) is 20.1 Å². The number of halogens is 4. The number of carbonyl (C=O) groups is 2. The summed E-state index contributed by atoms with van der Waals surface area (Å²) in [6, 6.07) is 1.34. The standard InChI is InChI=1S/C13H12Cl4O3/c1-13(2,5-9(19)20)4-8(18)10-6(14)3-7(15)11(16)12(10)17/h3H,4-5H2,1-2H3,(H,19,20). The van der Waals surface area contributed by atoms with Crippen LogP contribution >= 0.6 is 46.4 Å². The molecule has 1 aromatic rings. The fraction of sp³-hybridized carbons (Fsp3) is 0.385. The fourth-order valence-electron chi connectivity index (χ4n) is 1.82. The van der Waals surface area contributed by atoms with Crippen LogP contribution in [0.25, 0.3) is 0 Å². The minimum absolute atomic E-state index is 0.0136. The maximum atomic E-state index is 12.3. The Morgan fingerprint density at radius 3 is 2.10 bits per heavy atom. The maximum absolute atomic E-state index is 12.3. The molecule has 1 aromatic carbocycles. The Bertz CT molecular complexity index is 567. The summed E-state index contributed by atoms with van der Waals surface area (Å²) in [5, 5.41) is 9.11. The molecular weight excluding hydrogens is 346 g/mol. The van der Waals surface area contributed by atoms with Crippen LogP contribution in [0.15, 0.2) is 6.07 Å². The highest BCUT2D eigenvalue weighted by atomic mass is 35.5. The number of Topliss-reactive ketones (excluding diaryl/α,β-unsaturated/α-hetero) is 1. The minimum Gasteiger partial charge on any atom is -0.481 e. The zero-order valence-electron chi connectivity index (χ0n) is 10.8. The van der Waals surface area contributed by atoms with E-state index in [-0.39, 0.29) is 44.3 Å². The second kappa shape index (κ2) is 6.52. The van der Waals surface area contributed by atoms with Crippen LogP contribution in [-0.4, -0.2) is 16.9 Å². The number of benzene rings is 1. The average molecular weight is 358 g/mol. The molecule has 7 heteroatoms. The summed E-state index contributed by atoms with van der Waals surface area (Å²) in [5.41, 5.74) is -0.650. The highest BCUT2D eigenvalue weighted by molar-refractivity contribution is 6.51. The van der Waals surface area contributed by atoms with Crippen LogP contribution in [0.1, 0.15) is 37.0 Å². The summed E-state index contributed by atoms with van der Waals surface area (Å²) in [5.74, 6) is -1.35. The van der Waals surface area contributed by atoms with E-state index in [1.165, 1.54) is 6.07 Å². The molecule has 0 spiro atoms. The summed E-state index contributed by atoms with van der Waals surface area (Å²) in [6.07, 6.45) is -0.161. The van der Waals surface area contributed by atoms with Crippen LogP contribution in [0.3, 0.4) is 0 Å². The van der Waals surface area contributed by atoms with Gasteiger partial charge in [-0.1, -0.05) is 60.3 Å². The molecule has 0 unspecified atom stereocenters. The molecule has 20 heavy (non-hydrogen) atoms. The molecule has 0 aromatic heterocycles. The first-order valence-corrected chi connectivity index (χ1v) is 7.14. The molecule has 0 radical (unpaired) electrons. The van der Waals surface area contributed by atoms with Crippen LogP contribution in [0, 0.1) is 5.41 Å². The first-order valence-electron chi connectivity index (χ1n) is 5.63. The summed E-state index contributed by atoms with van der Waals surface area (Å²) < 4.78 is 0. The number of hydrogen-bond acceptors (Lipinski definition) is 2. The molecule has 110 valence electrons. The highest BCUT2D eigenvalue weighted by Crippen LogP contribution is 2.39. The number of ketones is 1. The van der Waals surface area contributed by atoms with Gasteiger partial charge in [0, 0.05) is 6.42 Å². The number of carboxylic acid groups (broad SMARTS) is 1. The Morgan fingerprint density at radius 2 is 1.60 bits per heavy atom. The number of hydrogen-bond donors (Lipinski definition) is 1. The quantitative estimate of drug-likeness (QED) is 0.437. The van der Waals surface area contributed by atoms with E-state index in [0.717, 1.165) is 0 Å². The lowest BCUT2D eigenvalue weighted by Gasteiger charge is -2.22. The average Bonchev–Trinajstić information content (AvgIpc) is 2.23. The van der Waals surface area contributed by atoms with Gasteiger partial charge >= 0.3 is 5.97 Å². The lowest BCUT2D eigenvalue weighted by Crippen LogP contribution is -2.21. The van der Waals surface area contributed by atoms with Crippen molar-refractivity contribution in [3.05, 3.63) is 31.7 Å². The SMILES string of the molecule is CC(C)(CC(=O)O)CC(=O)c1c(Cl)cc(Cl)c(Cl)c1Cl. The normalized spacial score (nSPS) is 11.5. The van der Waals surface area contributed by atoms with E-state index in [2.05, 4.69) is 0 Å². The smallest absolute Gasteiger partial charge is 0.303 e. The maximum Gasteiger partial charge on any atom is 0.303 e. The van der Waals surface area contributed by atoms with Crippen molar-refractivity contribution in [3.63, 3.8) is 0 Å². The molecule has 0 bridgehead atoms.